The number of fused-ring (bicyclic) bond motifs is 1. The van der Waals surface area contributed by atoms with Gasteiger partial charge in [-0.1, -0.05) is 0 Å². The Morgan fingerprint density at radius 1 is 1.10 bits per heavy atom. The van der Waals surface area contributed by atoms with Crippen LogP contribution < -0.4 is 5.32 Å². The monoisotopic (exact) mass is 296 g/mol. The van der Waals surface area contributed by atoms with Crippen molar-refractivity contribution in [1.82, 2.24) is 10.2 Å². The summed E-state index contributed by atoms with van der Waals surface area (Å²) in [6.07, 6.45) is 6.28. The molecule has 1 saturated heterocycles. The minimum absolute atomic E-state index is 0.00831. The van der Waals surface area contributed by atoms with Gasteiger partial charge in [0, 0.05) is 12.6 Å². The molecule has 2 amide bonds. The lowest BCUT2D eigenvalue weighted by atomic mass is 9.86. The average Bonchev–Trinajstić information content (AvgIpc) is 2.96. The second-order valence-corrected chi connectivity index (χ2v) is 6.44. The highest BCUT2D eigenvalue weighted by atomic mass is 16.5. The summed E-state index contributed by atoms with van der Waals surface area (Å²) < 4.78 is 5.73. The number of rotatable bonds is 2. The van der Waals surface area contributed by atoms with Crippen LogP contribution in [0.4, 0.5) is 4.79 Å². The molecule has 6 heteroatoms. The average molecular weight is 296 g/mol. The molecule has 2 N–H and O–H groups in total. The van der Waals surface area contributed by atoms with E-state index < -0.39 is 5.97 Å². The fraction of sp³-hybridized carbons (Fsp3) is 0.867. The molecule has 118 valence electrons. The maximum Gasteiger partial charge on any atom is 0.318 e. The van der Waals surface area contributed by atoms with Crippen LogP contribution in [0, 0.1) is 5.92 Å². The van der Waals surface area contributed by atoms with Gasteiger partial charge < -0.3 is 20.1 Å². The standard InChI is InChI=1S/C15H24N2O4/c18-14(19)10-4-6-11(7-5-10)16-15(20)17-8-9-21-13-3-1-2-12(13)17/h10-13H,1-9H2,(H,16,20)(H,18,19)/t10?,11?,12-,13+/m1/s1. The molecule has 2 aliphatic carbocycles. The summed E-state index contributed by atoms with van der Waals surface area (Å²) in [4.78, 5) is 25.3. The Labute approximate surface area is 124 Å². The topological polar surface area (TPSA) is 78.9 Å². The third-order valence-corrected chi connectivity index (χ3v) is 5.15. The van der Waals surface area contributed by atoms with Gasteiger partial charge in [-0.3, -0.25) is 4.79 Å². The molecule has 2 saturated carbocycles. The van der Waals surface area contributed by atoms with Crippen molar-refractivity contribution in [3.8, 4) is 0 Å². The molecule has 3 fully saturated rings. The van der Waals surface area contributed by atoms with Crippen LogP contribution in [0.3, 0.4) is 0 Å². The first-order valence-electron chi connectivity index (χ1n) is 8.06. The van der Waals surface area contributed by atoms with Gasteiger partial charge in [-0.25, -0.2) is 4.79 Å². The van der Waals surface area contributed by atoms with Gasteiger partial charge in [0.25, 0.3) is 0 Å². The predicted octanol–water partition coefficient (Wildman–Crippen LogP) is 1.59. The molecule has 0 aromatic carbocycles. The first kappa shape index (κ1) is 14.6. The summed E-state index contributed by atoms with van der Waals surface area (Å²) in [5.41, 5.74) is 0. The van der Waals surface area contributed by atoms with E-state index in [1.54, 1.807) is 0 Å². The highest BCUT2D eigenvalue weighted by Crippen LogP contribution is 2.30. The lowest BCUT2D eigenvalue weighted by Crippen LogP contribution is -2.56. The molecule has 0 unspecified atom stereocenters. The van der Waals surface area contributed by atoms with E-state index in [4.69, 9.17) is 9.84 Å². The van der Waals surface area contributed by atoms with Gasteiger partial charge >= 0.3 is 12.0 Å². The number of carbonyl (C=O) groups is 2. The van der Waals surface area contributed by atoms with Crippen molar-refractivity contribution in [2.45, 2.75) is 63.1 Å². The Hall–Kier alpha value is -1.30. The second-order valence-electron chi connectivity index (χ2n) is 6.44. The first-order valence-corrected chi connectivity index (χ1v) is 8.06. The molecule has 1 aliphatic heterocycles. The zero-order valence-electron chi connectivity index (χ0n) is 12.3. The third kappa shape index (κ3) is 3.15. The van der Waals surface area contributed by atoms with Crippen molar-refractivity contribution in [2.24, 2.45) is 5.92 Å². The van der Waals surface area contributed by atoms with Crippen LogP contribution in [0.25, 0.3) is 0 Å². The molecule has 1 heterocycles. The number of nitrogens with zero attached hydrogens (tertiary/aromatic N) is 1. The largest absolute Gasteiger partial charge is 0.481 e. The summed E-state index contributed by atoms with van der Waals surface area (Å²) in [7, 11) is 0. The number of amides is 2. The van der Waals surface area contributed by atoms with E-state index in [1.165, 1.54) is 0 Å². The zero-order valence-corrected chi connectivity index (χ0v) is 12.3. The normalized spacial score (nSPS) is 36.1. The molecular formula is C15H24N2O4. The summed E-state index contributed by atoms with van der Waals surface area (Å²) in [5.74, 6) is -0.942. The molecule has 3 rings (SSSR count). The van der Waals surface area contributed by atoms with Crippen LogP contribution in [-0.4, -0.2) is 53.3 Å². The Balaban J connectivity index is 1.51. The van der Waals surface area contributed by atoms with Crippen molar-refractivity contribution in [3.05, 3.63) is 0 Å². The minimum atomic E-state index is -0.707. The Kier molecular flexibility index (Phi) is 4.33. The van der Waals surface area contributed by atoms with Crippen molar-refractivity contribution in [3.63, 3.8) is 0 Å². The lowest BCUT2D eigenvalue weighted by molar-refractivity contribution is -0.142. The van der Waals surface area contributed by atoms with E-state index in [-0.39, 0.29) is 30.1 Å². The smallest absolute Gasteiger partial charge is 0.318 e. The molecule has 3 aliphatic rings. The van der Waals surface area contributed by atoms with Gasteiger partial charge in [-0.2, -0.15) is 0 Å². The van der Waals surface area contributed by atoms with Gasteiger partial charge in [0.2, 0.25) is 0 Å². The fourth-order valence-electron chi connectivity index (χ4n) is 3.92. The maximum atomic E-state index is 12.5. The van der Waals surface area contributed by atoms with Crippen LogP contribution in [0.2, 0.25) is 0 Å². The number of hydrogen-bond donors (Lipinski definition) is 2. The van der Waals surface area contributed by atoms with E-state index in [2.05, 4.69) is 5.32 Å². The fourth-order valence-corrected chi connectivity index (χ4v) is 3.92. The molecule has 21 heavy (non-hydrogen) atoms. The summed E-state index contributed by atoms with van der Waals surface area (Å²) >= 11 is 0. The molecule has 0 aromatic heterocycles. The van der Waals surface area contributed by atoms with Crippen molar-refractivity contribution >= 4 is 12.0 Å². The van der Waals surface area contributed by atoms with Crippen LogP contribution in [0.15, 0.2) is 0 Å². The molecule has 0 radical (unpaired) electrons. The van der Waals surface area contributed by atoms with E-state index in [0.29, 0.717) is 26.0 Å². The van der Waals surface area contributed by atoms with Crippen molar-refractivity contribution in [1.29, 1.82) is 0 Å². The Morgan fingerprint density at radius 2 is 1.86 bits per heavy atom. The highest BCUT2D eigenvalue weighted by Gasteiger charge is 2.39. The van der Waals surface area contributed by atoms with Crippen molar-refractivity contribution < 1.29 is 19.4 Å². The van der Waals surface area contributed by atoms with Gasteiger partial charge in [0.15, 0.2) is 0 Å². The molecule has 2 atom stereocenters. The maximum absolute atomic E-state index is 12.5. The lowest BCUT2D eigenvalue weighted by Gasteiger charge is -2.39. The molecule has 0 aromatic rings. The summed E-state index contributed by atoms with van der Waals surface area (Å²) in [6.45, 7) is 1.29. The minimum Gasteiger partial charge on any atom is -0.481 e. The molecule has 6 nitrogen and oxygen atoms in total. The van der Waals surface area contributed by atoms with Crippen LogP contribution >= 0.6 is 0 Å². The van der Waals surface area contributed by atoms with E-state index >= 15 is 0 Å². The van der Waals surface area contributed by atoms with Crippen LogP contribution in [0.1, 0.15) is 44.9 Å². The Morgan fingerprint density at radius 3 is 2.57 bits per heavy atom. The third-order valence-electron chi connectivity index (χ3n) is 5.15. The predicted molar refractivity (Wildman–Crippen MR) is 76.0 cm³/mol. The SMILES string of the molecule is O=C(O)C1CCC(NC(=O)N2CCO[C@H]3CCC[C@H]32)CC1. The number of morpholine rings is 1. The zero-order chi connectivity index (χ0) is 14.8. The van der Waals surface area contributed by atoms with Gasteiger partial charge in [0.05, 0.1) is 24.7 Å². The van der Waals surface area contributed by atoms with Gasteiger partial charge in [-0.05, 0) is 44.9 Å². The Bertz CT molecular complexity index is 406. The highest BCUT2D eigenvalue weighted by molar-refractivity contribution is 5.75. The van der Waals surface area contributed by atoms with E-state index in [1.807, 2.05) is 4.90 Å². The van der Waals surface area contributed by atoms with Crippen LogP contribution in [-0.2, 0) is 9.53 Å². The number of aliphatic carboxylic acids is 1. The number of ether oxygens (including phenoxy) is 1. The summed E-state index contributed by atoms with van der Waals surface area (Å²) in [5, 5.41) is 12.1. The molecule has 0 spiro atoms. The first-order chi connectivity index (χ1) is 10.1. The molecule has 0 bridgehead atoms. The van der Waals surface area contributed by atoms with Gasteiger partial charge in [-0.15, -0.1) is 0 Å². The number of hydrogen-bond acceptors (Lipinski definition) is 3. The molecular weight excluding hydrogens is 272 g/mol. The number of carboxylic acids is 1. The summed E-state index contributed by atoms with van der Waals surface area (Å²) in [6, 6.07) is 0.360. The van der Waals surface area contributed by atoms with E-state index in [0.717, 1.165) is 32.1 Å². The number of carbonyl (C=O) groups excluding carboxylic acids is 1. The second kappa shape index (κ2) is 6.22. The van der Waals surface area contributed by atoms with Gasteiger partial charge in [0.1, 0.15) is 0 Å². The number of nitrogens with one attached hydrogen (secondary N) is 1. The quantitative estimate of drug-likeness (QED) is 0.811. The number of carboxylic acid groups (broad SMARTS) is 1. The van der Waals surface area contributed by atoms with Crippen LogP contribution in [0.5, 0.6) is 0 Å². The van der Waals surface area contributed by atoms with Crippen molar-refractivity contribution in [2.75, 3.05) is 13.2 Å². The van der Waals surface area contributed by atoms with E-state index in [9.17, 15) is 9.59 Å². The number of urea groups is 1.